The Kier molecular flexibility index (Phi) is 5.99. The summed E-state index contributed by atoms with van der Waals surface area (Å²) in [6.07, 6.45) is 10.1. The quantitative estimate of drug-likeness (QED) is 0.370. The van der Waals surface area contributed by atoms with Crippen molar-refractivity contribution in [2.24, 2.45) is 0 Å². The molecule has 35 heavy (non-hydrogen) atoms. The van der Waals surface area contributed by atoms with E-state index >= 15 is 0 Å². The lowest BCUT2D eigenvalue weighted by molar-refractivity contribution is 0.0149. The topological polar surface area (TPSA) is 78.5 Å². The molecule has 8 heteroatoms. The Balaban J connectivity index is 1.19. The molecule has 3 fully saturated rings. The first-order valence-corrected chi connectivity index (χ1v) is 13.0. The summed E-state index contributed by atoms with van der Waals surface area (Å²) < 4.78 is 6.57. The number of carboxylic acids is 1. The molecule has 0 amide bonds. The van der Waals surface area contributed by atoms with Gasteiger partial charge in [-0.15, -0.1) is 0 Å². The molecule has 0 radical (unpaired) electrons. The maximum atomic E-state index is 11.2. The van der Waals surface area contributed by atoms with Gasteiger partial charge in [-0.05, 0) is 68.7 Å². The van der Waals surface area contributed by atoms with Crippen LogP contribution in [0.1, 0.15) is 66.1 Å². The number of carboxylic acid groups (broad SMARTS) is 1. The molecular weight excluding hydrogens is 485 g/mol. The molecule has 2 N–H and O–H groups in total. The van der Waals surface area contributed by atoms with Gasteiger partial charge in [0.15, 0.2) is 0 Å². The molecule has 2 bridgehead atoms. The van der Waals surface area contributed by atoms with Crippen LogP contribution in [-0.2, 0) is 11.3 Å². The zero-order valence-corrected chi connectivity index (χ0v) is 20.7. The van der Waals surface area contributed by atoms with Gasteiger partial charge in [-0.1, -0.05) is 29.3 Å². The summed E-state index contributed by atoms with van der Waals surface area (Å²) in [5.74, 6) is 0.464. The predicted octanol–water partition coefficient (Wildman–Crippen LogP) is 6.68. The minimum atomic E-state index is -0.952. The number of H-pyrrole nitrogens is 1. The van der Waals surface area contributed by atoms with E-state index in [1.807, 2.05) is 30.5 Å². The lowest BCUT2D eigenvalue weighted by atomic mass is 9.98. The smallest absolute Gasteiger partial charge is 0.337 e. The van der Waals surface area contributed by atoms with E-state index in [1.165, 1.54) is 30.3 Å². The normalized spacial score (nSPS) is 23.6. The molecule has 3 aliphatic rings. The van der Waals surface area contributed by atoms with Crippen molar-refractivity contribution in [3.8, 4) is 11.1 Å². The molecule has 2 atom stereocenters. The molecule has 182 valence electrons. The number of aromatic carboxylic acids is 1. The number of nitrogens with one attached hydrogen (secondary N) is 1. The van der Waals surface area contributed by atoms with Gasteiger partial charge in [0.25, 0.3) is 0 Å². The molecule has 2 aromatic heterocycles. The van der Waals surface area contributed by atoms with Crippen molar-refractivity contribution in [2.75, 3.05) is 4.90 Å². The van der Waals surface area contributed by atoms with Crippen molar-refractivity contribution < 1.29 is 14.6 Å². The second-order valence-corrected chi connectivity index (χ2v) is 10.7. The maximum absolute atomic E-state index is 11.2. The van der Waals surface area contributed by atoms with E-state index in [0.29, 0.717) is 34.7 Å². The highest BCUT2D eigenvalue weighted by molar-refractivity contribution is 6.39. The third kappa shape index (κ3) is 4.32. The van der Waals surface area contributed by atoms with Crippen molar-refractivity contribution in [2.45, 2.75) is 69.2 Å². The van der Waals surface area contributed by atoms with Gasteiger partial charge < -0.3 is 19.7 Å². The van der Waals surface area contributed by atoms with E-state index in [2.05, 4.69) is 14.9 Å². The van der Waals surface area contributed by atoms with Crippen LogP contribution in [0.15, 0.2) is 42.7 Å². The Morgan fingerprint density at radius 2 is 1.80 bits per heavy atom. The number of nitrogens with zero attached hydrogens (tertiary/aromatic N) is 2. The largest absolute Gasteiger partial charge is 0.478 e. The minimum Gasteiger partial charge on any atom is -0.478 e. The van der Waals surface area contributed by atoms with Crippen LogP contribution in [0.2, 0.25) is 10.0 Å². The highest BCUT2D eigenvalue weighted by atomic mass is 35.5. The third-order valence-corrected chi connectivity index (χ3v) is 8.28. The van der Waals surface area contributed by atoms with Crippen molar-refractivity contribution >= 4 is 35.0 Å². The number of hydrogen-bond donors (Lipinski definition) is 2. The highest BCUT2D eigenvalue weighted by Gasteiger charge is 2.42. The number of piperidine rings is 1. The molecule has 6 rings (SSSR count). The van der Waals surface area contributed by atoms with Crippen LogP contribution >= 0.6 is 23.2 Å². The minimum absolute atomic E-state index is 0.165. The molecule has 4 heterocycles. The second-order valence-electron chi connectivity index (χ2n) is 9.87. The molecular formula is C27H27Cl2N3O3. The fourth-order valence-electron chi connectivity index (χ4n) is 5.84. The number of ether oxygens (including phenoxy) is 1. The van der Waals surface area contributed by atoms with Crippen LogP contribution in [0.5, 0.6) is 0 Å². The Morgan fingerprint density at radius 3 is 2.40 bits per heavy atom. The Hall–Kier alpha value is -2.54. The van der Waals surface area contributed by atoms with Gasteiger partial charge in [0.05, 0.1) is 18.3 Å². The van der Waals surface area contributed by atoms with Crippen molar-refractivity contribution in [3.05, 3.63) is 69.6 Å². The Bertz CT molecular complexity index is 1220. The zero-order valence-electron chi connectivity index (χ0n) is 19.2. The van der Waals surface area contributed by atoms with Gasteiger partial charge in [-0.3, -0.25) is 0 Å². The molecule has 0 spiro atoms. The Morgan fingerprint density at radius 1 is 1.09 bits per heavy atom. The molecule has 2 unspecified atom stereocenters. The van der Waals surface area contributed by atoms with Crippen LogP contribution in [0.3, 0.4) is 0 Å². The van der Waals surface area contributed by atoms with Crippen molar-refractivity contribution in [3.63, 3.8) is 0 Å². The Labute approximate surface area is 214 Å². The summed E-state index contributed by atoms with van der Waals surface area (Å²) in [6.45, 7) is 0.530. The maximum Gasteiger partial charge on any atom is 0.337 e. The third-order valence-electron chi connectivity index (χ3n) is 7.65. The lowest BCUT2D eigenvalue weighted by Crippen LogP contribution is -2.46. The van der Waals surface area contributed by atoms with Gasteiger partial charge in [-0.25, -0.2) is 9.78 Å². The molecule has 1 aliphatic carbocycles. The zero-order chi connectivity index (χ0) is 24.1. The number of halogens is 2. The number of pyridine rings is 1. The SMILES string of the molecule is O=C(O)c1ccc(N2C3CCC2CC(OCc2c(-c4c(Cl)cccc4Cl)c[nH]c2C2CC2)C3)nc1. The molecule has 1 saturated carbocycles. The average molecular weight is 512 g/mol. The number of hydrogen-bond acceptors (Lipinski definition) is 4. The van der Waals surface area contributed by atoms with Crippen LogP contribution in [0, 0.1) is 0 Å². The van der Waals surface area contributed by atoms with Gasteiger partial charge in [0, 0.05) is 56.9 Å². The fraction of sp³-hybridized carbons (Fsp3) is 0.407. The first-order chi connectivity index (χ1) is 17.0. The number of anilines is 1. The number of carbonyl (C=O) groups is 1. The number of fused-ring (bicyclic) bond motifs is 2. The van der Waals surface area contributed by atoms with Crippen molar-refractivity contribution in [1.82, 2.24) is 9.97 Å². The first-order valence-electron chi connectivity index (χ1n) is 12.2. The van der Waals surface area contributed by atoms with Gasteiger partial charge in [0.2, 0.25) is 0 Å². The number of rotatable bonds is 7. The molecule has 2 saturated heterocycles. The summed E-state index contributed by atoms with van der Waals surface area (Å²) in [6, 6.07) is 9.80. The van der Waals surface area contributed by atoms with Crippen LogP contribution in [0.25, 0.3) is 11.1 Å². The summed E-state index contributed by atoms with van der Waals surface area (Å²) in [5.41, 5.74) is 4.53. The fourth-order valence-corrected chi connectivity index (χ4v) is 6.44. The van der Waals surface area contributed by atoms with E-state index in [1.54, 1.807) is 6.07 Å². The van der Waals surface area contributed by atoms with Gasteiger partial charge in [0.1, 0.15) is 5.82 Å². The van der Waals surface area contributed by atoms with E-state index < -0.39 is 5.97 Å². The summed E-state index contributed by atoms with van der Waals surface area (Å²) >= 11 is 13.1. The molecule has 1 aromatic carbocycles. The van der Waals surface area contributed by atoms with Crippen LogP contribution < -0.4 is 4.90 Å². The van der Waals surface area contributed by atoms with E-state index in [-0.39, 0.29) is 11.7 Å². The standard InChI is InChI=1S/C27H27Cl2N3O3/c28-22-2-1-3-23(29)25(22)20-13-31-26(15-4-5-15)21(20)14-35-19-10-17-7-8-18(11-19)32(17)24-9-6-16(12-30-24)27(33)34/h1-3,6,9,12-13,15,17-19,31H,4-5,7-8,10-11,14H2,(H,33,34). The number of benzene rings is 1. The van der Waals surface area contributed by atoms with Crippen molar-refractivity contribution in [1.29, 1.82) is 0 Å². The molecule has 2 aliphatic heterocycles. The van der Waals surface area contributed by atoms with E-state index in [4.69, 9.17) is 33.0 Å². The summed E-state index contributed by atoms with van der Waals surface area (Å²) in [4.78, 5) is 21.5. The van der Waals surface area contributed by atoms with Gasteiger partial charge in [-0.2, -0.15) is 0 Å². The van der Waals surface area contributed by atoms with Crippen LogP contribution in [0.4, 0.5) is 5.82 Å². The number of aromatic nitrogens is 2. The van der Waals surface area contributed by atoms with Crippen LogP contribution in [-0.4, -0.2) is 39.2 Å². The highest BCUT2D eigenvalue weighted by Crippen LogP contribution is 2.46. The summed E-state index contributed by atoms with van der Waals surface area (Å²) in [5, 5.41) is 10.5. The average Bonchev–Trinajstić information content (AvgIpc) is 3.55. The number of aromatic amines is 1. The first kappa shape index (κ1) is 22.9. The molecule has 6 nitrogen and oxygen atoms in total. The monoisotopic (exact) mass is 511 g/mol. The van der Waals surface area contributed by atoms with Gasteiger partial charge >= 0.3 is 5.97 Å². The molecule has 3 aromatic rings. The van der Waals surface area contributed by atoms with E-state index in [0.717, 1.165) is 42.6 Å². The second kappa shape index (κ2) is 9.16. The van der Waals surface area contributed by atoms with E-state index in [9.17, 15) is 4.79 Å². The summed E-state index contributed by atoms with van der Waals surface area (Å²) in [7, 11) is 0. The lowest BCUT2D eigenvalue weighted by Gasteiger charge is -2.39. The predicted molar refractivity (Wildman–Crippen MR) is 137 cm³/mol.